The Hall–Kier alpha value is -1.78. The van der Waals surface area contributed by atoms with Crippen molar-refractivity contribution < 1.29 is 9.53 Å². The molecule has 0 fully saturated rings. The highest BCUT2D eigenvalue weighted by molar-refractivity contribution is 5.77. The lowest BCUT2D eigenvalue weighted by Crippen LogP contribution is -2.32. The Morgan fingerprint density at radius 2 is 2.31 bits per heavy atom. The molecule has 0 saturated heterocycles. The average Bonchev–Trinajstić information content (AvgIpc) is 2.27. The van der Waals surface area contributed by atoms with Gasteiger partial charge in [0.2, 0.25) is 0 Å². The fourth-order valence-corrected chi connectivity index (χ4v) is 1.37. The summed E-state index contributed by atoms with van der Waals surface area (Å²) in [5.41, 5.74) is 6.35. The van der Waals surface area contributed by atoms with Crippen LogP contribution in [0, 0.1) is 0 Å². The molecule has 0 atom stereocenters. The third-order valence-corrected chi connectivity index (χ3v) is 2.12. The molecule has 1 rings (SSSR count). The van der Waals surface area contributed by atoms with E-state index < -0.39 is 0 Å². The number of likely N-dealkylation sites (N-methyl/N-ethyl adjacent to an activating group) is 1. The molecule has 1 aromatic heterocycles. The van der Waals surface area contributed by atoms with Gasteiger partial charge in [0.1, 0.15) is 6.54 Å². The average molecular weight is 223 g/mol. The Labute approximate surface area is 95.2 Å². The molecule has 0 radical (unpaired) electrons. The number of nitrogens with two attached hydrogens (primary N) is 1. The van der Waals surface area contributed by atoms with Crippen molar-refractivity contribution in [1.29, 1.82) is 0 Å². The Morgan fingerprint density at radius 3 is 2.88 bits per heavy atom. The zero-order chi connectivity index (χ0) is 12.0. The first-order chi connectivity index (χ1) is 7.69. The maximum absolute atomic E-state index is 11.4. The van der Waals surface area contributed by atoms with Crippen LogP contribution in [-0.2, 0) is 9.53 Å². The minimum atomic E-state index is -0.269. The number of rotatable bonds is 5. The van der Waals surface area contributed by atoms with Gasteiger partial charge in [-0.15, -0.1) is 0 Å². The maximum atomic E-state index is 11.4. The maximum Gasteiger partial charge on any atom is 0.325 e. The van der Waals surface area contributed by atoms with Crippen LogP contribution in [0.5, 0.6) is 0 Å². The molecule has 0 spiro atoms. The fourth-order valence-electron chi connectivity index (χ4n) is 1.37. The van der Waals surface area contributed by atoms with E-state index >= 15 is 0 Å². The minimum absolute atomic E-state index is 0.172. The number of pyridine rings is 1. The van der Waals surface area contributed by atoms with Crippen molar-refractivity contribution in [1.82, 2.24) is 4.98 Å². The number of hydrogen-bond donors (Lipinski definition) is 1. The van der Waals surface area contributed by atoms with Crippen molar-refractivity contribution in [2.45, 2.75) is 13.8 Å². The second-order valence-electron chi connectivity index (χ2n) is 3.24. The molecule has 0 aromatic carbocycles. The summed E-state index contributed by atoms with van der Waals surface area (Å²) in [7, 11) is 0. The lowest BCUT2D eigenvalue weighted by Gasteiger charge is -2.21. The van der Waals surface area contributed by atoms with E-state index in [-0.39, 0.29) is 12.5 Å². The van der Waals surface area contributed by atoms with Crippen molar-refractivity contribution in [2.24, 2.45) is 0 Å². The SMILES string of the molecule is CCOC(=O)CN(CC)c1ncccc1N. The molecule has 5 nitrogen and oxygen atoms in total. The summed E-state index contributed by atoms with van der Waals surface area (Å²) in [6.45, 7) is 4.93. The quantitative estimate of drug-likeness (QED) is 0.756. The topological polar surface area (TPSA) is 68.5 Å². The van der Waals surface area contributed by atoms with Gasteiger partial charge in [0, 0.05) is 12.7 Å². The van der Waals surface area contributed by atoms with Crippen LogP contribution in [0.15, 0.2) is 18.3 Å². The molecule has 0 aliphatic heterocycles. The predicted molar refractivity (Wildman–Crippen MR) is 63.2 cm³/mol. The standard InChI is InChI=1S/C11H17N3O2/c1-3-14(8-10(15)16-4-2)11-9(12)6-5-7-13-11/h5-7H,3-4,8,12H2,1-2H3. The second kappa shape index (κ2) is 5.95. The Balaban J connectivity index is 2.75. The molecule has 0 aliphatic rings. The Kier molecular flexibility index (Phi) is 4.57. The first kappa shape index (κ1) is 12.3. The van der Waals surface area contributed by atoms with E-state index in [1.807, 2.05) is 6.92 Å². The van der Waals surface area contributed by atoms with E-state index in [0.29, 0.717) is 24.7 Å². The summed E-state index contributed by atoms with van der Waals surface area (Å²) in [6.07, 6.45) is 1.65. The third-order valence-electron chi connectivity index (χ3n) is 2.12. The van der Waals surface area contributed by atoms with E-state index in [4.69, 9.17) is 10.5 Å². The lowest BCUT2D eigenvalue weighted by atomic mass is 10.3. The van der Waals surface area contributed by atoms with Gasteiger partial charge >= 0.3 is 5.97 Å². The van der Waals surface area contributed by atoms with Gasteiger partial charge in [-0.25, -0.2) is 4.98 Å². The summed E-state index contributed by atoms with van der Waals surface area (Å²) < 4.78 is 4.89. The molecule has 16 heavy (non-hydrogen) atoms. The highest BCUT2D eigenvalue weighted by Crippen LogP contribution is 2.18. The van der Waals surface area contributed by atoms with Crippen LogP contribution in [0.25, 0.3) is 0 Å². The largest absolute Gasteiger partial charge is 0.465 e. The molecular formula is C11H17N3O2. The van der Waals surface area contributed by atoms with Crippen LogP contribution >= 0.6 is 0 Å². The number of aromatic nitrogens is 1. The van der Waals surface area contributed by atoms with E-state index in [1.54, 1.807) is 30.2 Å². The van der Waals surface area contributed by atoms with Crippen LogP contribution in [0.2, 0.25) is 0 Å². The number of ether oxygens (including phenoxy) is 1. The lowest BCUT2D eigenvalue weighted by molar-refractivity contribution is -0.141. The first-order valence-corrected chi connectivity index (χ1v) is 5.30. The smallest absolute Gasteiger partial charge is 0.325 e. The first-order valence-electron chi connectivity index (χ1n) is 5.30. The van der Waals surface area contributed by atoms with Crippen LogP contribution in [0.3, 0.4) is 0 Å². The van der Waals surface area contributed by atoms with E-state index in [2.05, 4.69) is 4.98 Å². The molecule has 88 valence electrons. The molecule has 5 heteroatoms. The number of carbonyl (C=O) groups is 1. The molecule has 0 aliphatic carbocycles. The molecule has 1 aromatic rings. The number of nitrogens with zero attached hydrogens (tertiary/aromatic N) is 2. The van der Waals surface area contributed by atoms with E-state index in [1.165, 1.54) is 0 Å². The van der Waals surface area contributed by atoms with Crippen LogP contribution in [0.4, 0.5) is 11.5 Å². The number of nitrogen functional groups attached to an aromatic ring is 1. The zero-order valence-corrected chi connectivity index (χ0v) is 9.64. The summed E-state index contributed by atoms with van der Waals surface area (Å²) in [6, 6.07) is 3.52. The molecular weight excluding hydrogens is 206 g/mol. The van der Waals surface area contributed by atoms with Gasteiger partial charge in [0.25, 0.3) is 0 Å². The number of carbonyl (C=O) groups excluding carboxylic acids is 1. The van der Waals surface area contributed by atoms with Gasteiger partial charge in [-0.2, -0.15) is 0 Å². The summed E-state index contributed by atoms with van der Waals surface area (Å²) in [5, 5.41) is 0. The number of esters is 1. The highest BCUT2D eigenvalue weighted by Gasteiger charge is 2.13. The Bertz CT molecular complexity index is 355. The van der Waals surface area contributed by atoms with Crippen molar-refractivity contribution in [3.05, 3.63) is 18.3 Å². The number of hydrogen-bond acceptors (Lipinski definition) is 5. The highest BCUT2D eigenvalue weighted by atomic mass is 16.5. The zero-order valence-electron chi connectivity index (χ0n) is 9.64. The monoisotopic (exact) mass is 223 g/mol. The van der Waals surface area contributed by atoms with Crippen LogP contribution in [-0.4, -0.2) is 30.6 Å². The third kappa shape index (κ3) is 3.12. The molecule has 0 amide bonds. The van der Waals surface area contributed by atoms with Crippen molar-refractivity contribution in [2.75, 3.05) is 30.3 Å². The van der Waals surface area contributed by atoms with Crippen LogP contribution < -0.4 is 10.6 Å². The summed E-state index contributed by atoms with van der Waals surface area (Å²) in [4.78, 5) is 17.3. The van der Waals surface area contributed by atoms with Crippen LogP contribution in [0.1, 0.15) is 13.8 Å². The van der Waals surface area contributed by atoms with Gasteiger partial charge < -0.3 is 15.4 Å². The van der Waals surface area contributed by atoms with Crippen molar-refractivity contribution in [3.8, 4) is 0 Å². The normalized spacial score (nSPS) is 9.88. The minimum Gasteiger partial charge on any atom is -0.465 e. The molecule has 1 heterocycles. The van der Waals surface area contributed by atoms with Gasteiger partial charge in [-0.3, -0.25) is 4.79 Å². The Morgan fingerprint density at radius 1 is 1.56 bits per heavy atom. The second-order valence-corrected chi connectivity index (χ2v) is 3.24. The molecule has 0 unspecified atom stereocenters. The van der Waals surface area contributed by atoms with Gasteiger partial charge in [0.05, 0.1) is 12.3 Å². The molecule has 0 saturated carbocycles. The van der Waals surface area contributed by atoms with Gasteiger partial charge in [0.15, 0.2) is 5.82 Å². The number of anilines is 2. The van der Waals surface area contributed by atoms with Gasteiger partial charge in [-0.05, 0) is 26.0 Å². The van der Waals surface area contributed by atoms with Gasteiger partial charge in [-0.1, -0.05) is 0 Å². The van der Waals surface area contributed by atoms with E-state index in [0.717, 1.165) is 0 Å². The van der Waals surface area contributed by atoms with Crippen molar-refractivity contribution in [3.63, 3.8) is 0 Å². The summed E-state index contributed by atoms with van der Waals surface area (Å²) >= 11 is 0. The van der Waals surface area contributed by atoms with E-state index in [9.17, 15) is 4.79 Å². The molecule has 2 N–H and O–H groups in total. The van der Waals surface area contributed by atoms with Crippen molar-refractivity contribution >= 4 is 17.5 Å². The predicted octanol–water partition coefficient (Wildman–Crippen LogP) is 1.05. The molecule has 0 bridgehead atoms. The summed E-state index contributed by atoms with van der Waals surface area (Å²) in [5.74, 6) is 0.354. The fraction of sp³-hybridized carbons (Fsp3) is 0.455.